The van der Waals surface area contributed by atoms with E-state index in [9.17, 15) is 0 Å². The second-order valence-corrected chi connectivity index (χ2v) is 4.22. The lowest BCUT2D eigenvalue weighted by Crippen LogP contribution is -2.31. The topological polar surface area (TPSA) is 51.1 Å². The highest BCUT2D eigenvalue weighted by molar-refractivity contribution is 5.47. The molecule has 0 saturated heterocycles. The van der Waals surface area contributed by atoms with E-state index in [0.717, 1.165) is 30.9 Å². The smallest absolute Gasteiger partial charge is 0.213 e. The van der Waals surface area contributed by atoms with E-state index in [2.05, 4.69) is 19.9 Å². The van der Waals surface area contributed by atoms with Crippen LogP contribution in [0.4, 0.5) is 5.69 Å². The van der Waals surface area contributed by atoms with Gasteiger partial charge >= 0.3 is 0 Å². The van der Waals surface area contributed by atoms with Crippen LogP contribution in [0.2, 0.25) is 0 Å². The van der Waals surface area contributed by atoms with Crippen LogP contribution in [0.5, 0.6) is 5.88 Å². The van der Waals surface area contributed by atoms with Gasteiger partial charge in [0.2, 0.25) is 5.88 Å². The van der Waals surface area contributed by atoms with Gasteiger partial charge in [0, 0.05) is 37.3 Å². The number of nitrogens with zero attached hydrogens (tertiary/aromatic N) is 4. The summed E-state index contributed by atoms with van der Waals surface area (Å²) in [5.41, 5.74) is 3.45. The molecule has 2 aromatic rings. The molecule has 5 nitrogen and oxygen atoms in total. The van der Waals surface area contributed by atoms with Crippen LogP contribution >= 0.6 is 0 Å². The molecule has 0 amide bonds. The van der Waals surface area contributed by atoms with E-state index in [4.69, 9.17) is 4.74 Å². The van der Waals surface area contributed by atoms with Gasteiger partial charge in [-0.1, -0.05) is 0 Å². The average molecular weight is 242 g/mol. The number of ether oxygens (including phenoxy) is 1. The van der Waals surface area contributed by atoms with Gasteiger partial charge in [0.15, 0.2) is 0 Å². The second kappa shape index (κ2) is 4.60. The third-order valence-corrected chi connectivity index (χ3v) is 3.16. The molecule has 18 heavy (non-hydrogen) atoms. The summed E-state index contributed by atoms with van der Waals surface area (Å²) < 4.78 is 5.06. The second-order valence-electron chi connectivity index (χ2n) is 4.22. The van der Waals surface area contributed by atoms with E-state index >= 15 is 0 Å². The summed E-state index contributed by atoms with van der Waals surface area (Å²) in [5.74, 6) is 0.638. The van der Waals surface area contributed by atoms with Gasteiger partial charge in [-0.3, -0.25) is 0 Å². The first-order valence-electron chi connectivity index (χ1n) is 5.89. The van der Waals surface area contributed by atoms with Crippen LogP contribution < -0.4 is 9.64 Å². The molecular weight excluding hydrogens is 228 g/mol. The van der Waals surface area contributed by atoms with Crippen molar-refractivity contribution < 1.29 is 4.74 Å². The van der Waals surface area contributed by atoms with Crippen LogP contribution in [-0.4, -0.2) is 28.6 Å². The van der Waals surface area contributed by atoms with Gasteiger partial charge < -0.3 is 9.64 Å². The van der Waals surface area contributed by atoms with E-state index in [-0.39, 0.29) is 0 Å². The molecule has 0 bridgehead atoms. The Morgan fingerprint density at radius 2 is 2.17 bits per heavy atom. The van der Waals surface area contributed by atoms with Crippen LogP contribution in [0.15, 0.2) is 30.9 Å². The van der Waals surface area contributed by atoms with Gasteiger partial charge in [0.05, 0.1) is 24.7 Å². The number of rotatable bonds is 2. The van der Waals surface area contributed by atoms with Crippen LogP contribution in [0.1, 0.15) is 11.3 Å². The monoisotopic (exact) mass is 242 g/mol. The van der Waals surface area contributed by atoms with Gasteiger partial charge in [-0.25, -0.2) is 15.0 Å². The van der Waals surface area contributed by atoms with Crippen molar-refractivity contribution in [1.82, 2.24) is 15.0 Å². The fourth-order valence-electron chi connectivity index (χ4n) is 2.17. The molecule has 0 fully saturated rings. The summed E-state index contributed by atoms with van der Waals surface area (Å²) in [7, 11) is 1.62. The summed E-state index contributed by atoms with van der Waals surface area (Å²) in [4.78, 5) is 14.9. The van der Waals surface area contributed by atoms with Crippen LogP contribution in [0, 0.1) is 0 Å². The van der Waals surface area contributed by atoms with Crippen molar-refractivity contribution in [2.24, 2.45) is 0 Å². The molecule has 3 heterocycles. The average Bonchev–Trinajstić information content (AvgIpc) is 2.47. The van der Waals surface area contributed by atoms with Crippen LogP contribution in [0.25, 0.3) is 0 Å². The van der Waals surface area contributed by atoms with E-state index in [1.165, 1.54) is 5.56 Å². The van der Waals surface area contributed by atoms with Gasteiger partial charge in [-0.05, 0) is 6.07 Å². The van der Waals surface area contributed by atoms with Crippen molar-refractivity contribution in [3.63, 3.8) is 0 Å². The predicted molar refractivity (Wildman–Crippen MR) is 67.6 cm³/mol. The van der Waals surface area contributed by atoms with Crippen molar-refractivity contribution in [2.75, 3.05) is 18.6 Å². The third-order valence-electron chi connectivity index (χ3n) is 3.16. The molecule has 92 valence electrons. The third kappa shape index (κ3) is 1.99. The minimum absolute atomic E-state index is 0.638. The molecule has 0 spiro atoms. The molecule has 5 heteroatoms. The summed E-state index contributed by atoms with van der Waals surface area (Å²) in [6, 6.07) is 3.91. The number of hydrogen-bond donors (Lipinski definition) is 0. The van der Waals surface area contributed by atoms with Crippen LogP contribution in [-0.2, 0) is 13.0 Å². The van der Waals surface area contributed by atoms with Gasteiger partial charge in [-0.15, -0.1) is 0 Å². The Kier molecular flexibility index (Phi) is 2.80. The van der Waals surface area contributed by atoms with Crippen molar-refractivity contribution in [1.29, 1.82) is 0 Å². The molecule has 0 aromatic carbocycles. The summed E-state index contributed by atoms with van der Waals surface area (Å²) >= 11 is 0. The van der Waals surface area contributed by atoms with Gasteiger partial charge in [0.1, 0.15) is 6.33 Å². The molecule has 1 aliphatic heterocycles. The van der Waals surface area contributed by atoms with Crippen molar-refractivity contribution in [3.8, 4) is 5.88 Å². The molecule has 1 aliphatic rings. The zero-order chi connectivity index (χ0) is 12.4. The van der Waals surface area contributed by atoms with Gasteiger partial charge in [0.25, 0.3) is 0 Å². The first kappa shape index (κ1) is 11.0. The number of anilines is 1. The van der Waals surface area contributed by atoms with E-state index < -0.39 is 0 Å². The number of methoxy groups -OCH3 is 1. The lowest BCUT2D eigenvalue weighted by Gasteiger charge is -2.29. The molecule has 0 radical (unpaired) electrons. The Balaban J connectivity index is 1.82. The zero-order valence-electron chi connectivity index (χ0n) is 10.2. The fourth-order valence-corrected chi connectivity index (χ4v) is 2.17. The molecule has 0 saturated carbocycles. The SMILES string of the molecule is COc1ccc(N2CCc3ncncc3C2)cn1. The number of fused-ring (bicyclic) bond motifs is 1. The minimum atomic E-state index is 0.638. The van der Waals surface area contributed by atoms with Crippen molar-refractivity contribution in [2.45, 2.75) is 13.0 Å². The van der Waals surface area contributed by atoms with E-state index in [1.807, 2.05) is 24.5 Å². The van der Waals surface area contributed by atoms with Crippen molar-refractivity contribution >= 4 is 5.69 Å². The fraction of sp³-hybridized carbons (Fsp3) is 0.308. The Morgan fingerprint density at radius 1 is 1.22 bits per heavy atom. The van der Waals surface area contributed by atoms with E-state index in [1.54, 1.807) is 13.4 Å². The summed E-state index contributed by atoms with van der Waals surface area (Å²) in [6.07, 6.45) is 6.30. The Bertz CT molecular complexity index is 541. The lowest BCUT2D eigenvalue weighted by molar-refractivity contribution is 0.398. The molecule has 3 rings (SSSR count). The maximum atomic E-state index is 5.06. The maximum Gasteiger partial charge on any atom is 0.213 e. The summed E-state index contributed by atoms with van der Waals surface area (Å²) in [6.45, 7) is 1.79. The lowest BCUT2D eigenvalue weighted by atomic mass is 10.1. The number of aromatic nitrogens is 3. The number of pyridine rings is 1. The molecule has 0 unspecified atom stereocenters. The molecule has 0 N–H and O–H groups in total. The van der Waals surface area contributed by atoms with Crippen molar-refractivity contribution in [3.05, 3.63) is 42.1 Å². The van der Waals surface area contributed by atoms with Gasteiger partial charge in [-0.2, -0.15) is 0 Å². The largest absolute Gasteiger partial charge is 0.481 e. The molecule has 2 aromatic heterocycles. The highest BCUT2D eigenvalue weighted by Gasteiger charge is 2.17. The molecule has 0 atom stereocenters. The molecule has 0 aliphatic carbocycles. The Hall–Kier alpha value is -2.17. The summed E-state index contributed by atoms with van der Waals surface area (Å²) in [5, 5.41) is 0. The Morgan fingerprint density at radius 3 is 2.94 bits per heavy atom. The first-order valence-corrected chi connectivity index (χ1v) is 5.89. The quantitative estimate of drug-likeness (QED) is 0.797. The normalized spacial score (nSPS) is 14.2. The number of hydrogen-bond acceptors (Lipinski definition) is 5. The zero-order valence-corrected chi connectivity index (χ0v) is 10.2. The first-order chi connectivity index (χ1) is 8.86. The highest BCUT2D eigenvalue weighted by Crippen LogP contribution is 2.23. The Labute approximate surface area is 105 Å². The van der Waals surface area contributed by atoms with Crippen LogP contribution in [0.3, 0.4) is 0 Å². The highest BCUT2D eigenvalue weighted by atomic mass is 16.5. The molecular formula is C13H14N4O. The maximum absolute atomic E-state index is 5.06. The predicted octanol–water partition coefficient (Wildman–Crippen LogP) is 1.44. The minimum Gasteiger partial charge on any atom is -0.481 e. The standard InChI is InChI=1S/C13H14N4O/c1-18-13-3-2-11(7-15-13)17-5-4-12-10(8-17)6-14-9-16-12/h2-3,6-7,9H,4-5,8H2,1H3. The van der Waals surface area contributed by atoms with E-state index in [0.29, 0.717) is 5.88 Å².